The van der Waals surface area contributed by atoms with Gasteiger partial charge < -0.3 is 15.4 Å². The molecule has 11 heteroatoms. The molecule has 0 bridgehead atoms. The van der Waals surface area contributed by atoms with Crippen LogP contribution in [0.3, 0.4) is 0 Å². The first kappa shape index (κ1) is 24.2. The summed E-state index contributed by atoms with van der Waals surface area (Å²) >= 11 is 6.31. The Labute approximate surface area is 207 Å². The molecular weight excluding hydrogens is 470 g/mol. The van der Waals surface area contributed by atoms with Crippen LogP contribution in [-0.4, -0.2) is 49.3 Å². The van der Waals surface area contributed by atoms with Gasteiger partial charge in [0.05, 0.1) is 29.5 Å². The summed E-state index contributed by atoms with van der Waals surface area (Å²) in [6.45, 7) is 5.84. The van der Waals surface area contributed by atoms with Crippen LogP contribution in [0, 0.1) is 6.92 Å². The number of anilines is 1. The molecule has 4 aromatic heterocycles. The van der Waals surface area contributed by atoms with Crippen molar-refractivity contribution in [1.29, 1.82) is 0 Å². The summed E-state index contributed by atoms with van der Waals surface area (Å²) in [6.07, 6.45) is 4.72. The SMILES string of the molecule is CCC(CC)NC(=O)c1c(NC(=O)c2cc(OC)nn2-c2ncccc2Cl)c(C)cc2ccnn12. The summed E-state index contributed by atoms with van der Waals surface area (Å²) in [5.74, 6) is -0.365. The molecule has 10 nitrogen and oxygen atoms in total. The predicted octanol–water partition coefficient (Wildman–Crippen LogP) is 4.06. The van der Waals surface area contributed by atoms with Crippen LogP contribution in [0.1, 0.15) is 53.2 Å². The largest absolute Gasteiger partial charge is 0.480 e. The van der Waals surface area contributed by atoms with Crippen molar-refractivity contribution in [2.45, 2.75) is 39.7 Å². The first-order valence-corrected chi connectivity index (χ1v) is 11.6. The minimum absolute atomic E-state index is 0.00540. The zero-order chi connectivity index (χ0) is 25.1. The van der Waals surface area contributed by atoms with Crippen LogP contribution in [0.15, 0.2) is 42.7 Å². The smallest absolute Gasteiger partial charge is 0.274 e. The van der Waals surface area contributed by atoms with Crippen molar-refractivity contribution < 1.29 is 14.3 Å². The lowest BCUT2D eigenvalue weighted by Gasteiger charge is -2.19. The fraction of sp³-hybridized carbons (Fsp3) is 0.292. The van der Waals surface area contributed by atoms with Crippen LogP contribution in [0.4, 0.5) is 5.69 Å². The molecule has 0 atom stereocenters. The molecule has 0 saturated heterocycles. The molecular formula is C24H26ClN7O3. The molecule has 4 heterocycles. The highest BCUT2D eigenvalue weighted by Crippen LogP contribution is 2.27. The van der Waals surface area contributed by atoms with Gasteiger partial charge >= 0.3 is 0 Å². The highest BCUT2D eigenvalue weighted by molar-refractivity contribution is 6.32. The summed E-state index contributed by atoms with van der Waals surface area (Å²) in [5.41, 5.74) is 2.15. The van der Waals surface area contributed by atoms with E-state index in [4.69, 9.17) is 16.3 Å². The van der Waals surface area contributed by atoms with Gasteiger partial charge in [-0.25, -0.2) is 14.2 Å². The first-order chi connectivity index (χ1) is 16.9. The number of nitrogens with zero attached hydrogens (tertiary/aromatic N) is 5. The van der Waals surface area contributed by atoms with Crippen LogP contribution in [0.5, 0.6) is 5.88 Å². The van der Waals surface area contributed by atoms with Crippen LogP contribution >= 0.6 is 11.6 Å². The van der Waals surface area contributed by atoms with E-state index in [1.54, 1.807) is 30.6 Å². The van der Waals surface area contributed by atoms with E-state index in [-0.39, 0.29) is 35.0 Å². The number of nitrogens with one attached hydrogen (secondary N) is 2. The second kappa shape index (κ2) is 10.1. The normalized spacial score (nSPS) is 11.1. The van der Waals surface area contributed by atoms with Gasteiger partial charge in [-0.1, -0.05) is 25.4 Å². The van der Waals surface area contributed by atoms with Crippen molar-refractivity contribution in [3.8, 4) is 11.7 Å². The number of aryl methyl sites for hydroxylation is 1. The molecule has 0 saturated carbocycles. The minimum atomic E-state index is -0.520. The van der Waals surface area contributed by atoms with Crippen molar-refractivity contribution in [2.24, 2.45) is 0 Å². The monoisotopic (exact) mass is 495 g/mol. The Morgan fingerprint density at radius 1 is 1.14 bits per heavy atom. The highest BCUT2D eigenvalue weighted by atomic mass is 35.5. The van der Waals surface area contributed by atoms with Crippen LogP contribution < -0.4 is 15.4 Å². The molecule has 35 heavy (non-hydrogen) atoms. The lowest BCUT2D eigenvalue weighted by Crippen LogP contribution is -2.36. The van der Waals surface area contributed by atoms with Crippen molar-refractivity contribution in [3.05, 3.63) is 64.7 Å². The Bertz CT molecular complexity index is 1390. The quantitative estimate of drug-likeness (QED) is 0.381. The summed E-state index contributed by atoms with van der Waals surface area (Å²) < 4.78 is 8.07. The molecule has 0 aliphatic heterocycles. The lowest BCUT2D eigenvalue weighted by molar-refractivity contribution is 0.0928. The number of amides is 2. The second-order valence-electron chi connectivity index (χ2n) is 7.95. The van der Waals surface area contributed by atoms with Crippen LogP contribution in [-0.2, 0) is 0 Å². The number of hydrogen-bond donors (Lipinski definition) is 2. The maximum atomic E-state index is 13.5. The number of hydrogen-bond acceptors (Lipinski definition) is 6. The van der Waals surface area contributed by atoms with Crippen LogP contribution in [0.25, 0.3) is 11.3 Å². The number of carbonyl (C=O) groups is 2. The molecule has 4 rings (SSSR count). The van der Waals surface area contributed by atoms with E-state index < -0.39 is 5.91 Å². The van der Waals surface area contributed by atoms with Gasteiger partial charge in [0.25, 0.3) is 11.8 Å². The Balaban J connectivity index is 1.79. The third-order valence-corrected chi connectivity index (χ3v) is 6.02. The van der Waals surface area contributed by atoms with Gasteiger partial charge in [0, 0.05) is 18.3 Å². The number of aromatic nitrogens is 5. The highest BCUT2D eigenvalue weighted by Gasteiger charge is 2.25. The Kier molecular flexibility index (Phi) is 7.02. The summed E-state index contributed by atoms with van der Waals surface area (Å²) in [7, 11) is 1.45. The zero-order valence-corrected chi connectivity index (χ0v) is 20.6. The van der Waals surface area contributed by atoms with Gasteiger partial charge in [0.15, 0.2) is 11.5 Å². The number of ether oxygens (including phenoxy) is 1. The Hall–Kier alpha value is -3.92. The number of methoxy groups -OCH3 is 1. The van der Waals surface area contributed by atoms with E-state index in [9.17, 15) is 9.59 Å². The van der Waals surface area contributed by atoms with Gasteiger partial charge in [-0.2, -0.15) is 5.10 Å². The average Bonchev–Trinajstić information content (AvgIpc) is 3.50. The van der Waals surface area contributed by atoms with E-state index >= 15 is 0 Å². The number of rotatable bonds is 8. The molecule has 0 aliphatic rings. The topological polar surface area (TPSA) is 115 Å². The van der Waals surface area contributed by atoms with Crippen molar-refractivity contribution in [3.63, 3.8) is 0 Å². The van der Waals surface area contributed by atoms with Crippen molar-refractivity contribution in [1.82, 2.24) is 29.7 Å². The van der Waals surface area contributed by atoms with E-state index in [1.807, 2.05) is 26.8 Å². The maximum absolute atomic E-state index is 13.5. The molecule has 2 amide bonds. The van der Waals surface area contributed by atoms with Gasteiger partial charge in [-0.15, -0.1) is 5.10 Å². The van der Waals surface area contributed by atoms with E-state index in [1.165, 1.54) is 22.4 Å². The Morgan fingerprint density at radius 2 is 1.91 bits per heavy atom. The third kappa shape index (κ3) is 4.69. The first-order valence-electron chi connectivity index (χ1n) is 11.2. The van der Waals surface area contributed by atoms with Gasteiger partial charge in [0.2, 0.25) is 5.88 Å². The second-order valence-corrected chi connectivity index (χ2v) is 8.36. The molecule has 4 aromatic rings. The summed E-state index contributed by atoms with van der Waals surface area (Å²) in [5, 5.41) is 14.8. The molecule has 0 spiro atoms. The number of halogens is 1. The maximum Gasteiger partial charge on any atom is 0.274 e. The van der Waals surface area contributed by atoms with Gasteiger partial charge in [0.1, 0.15) is 5.69 Å². The van der Waals surface area contributed by atoms with Crippen molar-refractivity contribution >= 4 is 34.6 Å². The minimum Gasteiger partial charge on any atom is -0.480 e. The van der Waals surface area contributed by atoms with Gasteiger partial charge in [-0.05, 0) is 49.6 Å². The van der Waals surface area contributed by atoms with Crippen molar-refractivity contribution in [2.75, 3.05) is 12.4 Å². The van der Waals surface area contributed by atoms with E-state index in [0.29, 0.717) is 16.3 Å². The fourth-order valence-electron chi connectivity index (χ4n) is 3.80. The molecule has 0 unspecified atom stereocenters. The number of fused-ring (bicyclic) bond motifs is 1. The standard InChI is InChI=1S/C24H26ClN7O3/c1-5-15(6-2)28-24(34)21-20(14(3)12-16-9-11-27-31(16)21)29-23(33)18-13-19(35-4)30-32(18)22-17(25)8-7-10-26-22/h7-13,15H,5-6H2,1-4H3,(H,28,34)(H,29,33). The molecule has 182 valence electrons. The molecule has 2 N–H and O–H groups in total. The third-order valence-electron chi connectivity index (χ3n) is 5.72. The summed E-state index contributed by atoms with van der Waals surface area (Å²) in [6, 6.07) is 8.45. The van der Waals surface area contributed by atoms with Crippen LogP contribution in [0.2, 0.25) is 5.02 Å². The fourth-order valence-corrected chi connectivity index (χ4v) is 4.01. The number of carbonyl (C=O) groups excluding carboxylic acids is 2. The lowest BCUT2D eigenvalue weighted by atomic mass is 10.1. The van der Waals surface area contributed by atoms with Gasteiger partial charge in [-0.3, -0.25) is 9.59 Å². The predicted molar refractivity (Wildman–Crippen MR) is 133 cm³/mol. The van der Waals surface area contributed by atoms with E-state index in [0.717, 1.165) is 18.4 Å². The molecule has 0 aliphatic carbocycles. The Morgan fingerprint density at radius 3 is 2.60 bits per heavy atom. The molecule has 0 radical (unpaired) electrons. The average molecular weight is 496 g/mol. The number of pyridine rings is 2. The molecule has 0 aromatic carbocycles. The summed E-state index contributed by atoms with van der Waals surface area (Å²) in [4.78, 5) is 31.1. The van der Waals surface area contributed by atoms with E-state index in [2.05, 4.69) is 25.8 Å². The zero-order valence-electron chi connectivity index (χ0n) is 19.9. The molecule has 0 fully saturated rings.